The lowest BCUT2D eigenvalue weighted by Crippen LogP contribution is -2.05. The van der Waals surface area contributed by atoms with Crippen molar-refractivity contribution < 1.29 is 19.7 Å². The molecule has 0 heterocycles. The SMILES string of the molecule is C[C@@H](O)c1ccc(OCc2ccccc2CC(=O)O)cc1. The molecule has 0 aromatic heterocycles. The van der Waals surface area contributed by atoms with Crippen molar-refractivity contribution in [2.45, 2.75) is 26.1 Å². The number of benzene rings is 2. The Morgan fingerprint density at radius 3 is 2.29 bits per heavy atom. The second kappa shape index (κ2) is 6.90. The van der Waals surface area contributed by atoms with E-state index in [1.807, 2.05) is 30.3 Å². The van der Waals surface area contributed by atoms with E-state index in [1.54, 1.807) is 25.1 Å². The molecule has 0 saturated heterocycles. The smallest absolute Gasteiger partial charge is 0.307 e. The van der Waals surface area contributed by atoms with Gasteiger partial charge in [-0.2, -0.15) is 0 Å². The van der Waals surface area contributed by atoms with Crippen molar-refractivity contribution in [1.29, 1.82) is 0 Å². The Kier molecular flexibility index (Phi) is 4.95. The van der Waals surface area contributed by atoms with Gasteiger partial charge in [-0.25, -0.2) is 0 Å². The molecule has 2 N–H and O–H groups in total. The van der Waals surface area contributed by atoms with Gasteiger partial charge in [0.2, 0.25) is 0 Å². The van der Waals surface area contributed by atoms with Crippen LogP contribution in [0.2, 0.25) is 0 Å². The summed E-state index contributed by atoms with van der Waals surface area (Å²) >= 11 is 0. The monoisotopic (exact) mass is 286 g/mol. The van der Waals surface area contributed by atoms with Crippen molar-refractivity contribution in [3.63, 3.8) is 0 Å². The second-order valence-electron chi connectivity index (χ2n) is 4.87. The molecule has 0 aliphatic carbocycles. The van der Waals surface area contributed by atoms with Gasteiger partial charge in [0, 0.05) is 0 Å². The van der Waals surface area contributed by atoms with Crippen molar-refractivity contribution >= 4 is 5.97 Å². The third-order valence-corrected chi connectivity index (χ3v) is 3.22. The highest BCUT2D eigenvalue weighted by Crippen LogP contribution is 2.19. The van der Waals surface area contributed by atoms with E-state index in [9.17, 15) is 9.90 Å². The van der Waals surface area contributed by atoms with Crippen LogP contribution < -0.4 is 4.74 Å². The summed E-state index contributed by atoms with van der Waals surface area (Å²) < 4.78 is 5.67. The predicted molar refractivity (Wildman–Crippen MR) is 79.2 cm³/mol. The Labute approximate surface area is 123 Å². The number of carboxylic acid groups (broad SMARTS) is 1. The molecule has 4 nitrogen and oxygen atoms in total. The lowest BCUT2D eigenvalue weighted by Gasteiger charge is -2.11. The van der Waals surface area contributed by atoms with Crippen molar-refractivity contribution in [3.05, 3.63) is 65.2 Å². The first-order chi connectivity index (χ1) is 10.1. The molecule has 2 aromatic rings. The zero-order valence-corrected chi connectivity index (χ0v) is 11.8. The van der Waals surface area contributed by atoms with Gasteiger partial charge in [0.25, 0.3) is 0 Å². The van der Waals surface area contributed by atoms with Crippen LogP contribution in [0.25, 0.3) is 0 Å². The van der Waals surface area contributed by atoms with Crippen LogP contribution in [-0.4, -0.2) is 16.2 Å². The van der Waals surface area contributed by atoms with Gasteiger partial charge in [0.15, 0.2) is 0 Å². The summed E-state index contributed by atoms with van der Waals surface area (Å²) in [6.07, 6.45) is -0.518. The minimum atomic E-state index is -0.858. The van der Waals surface area contributed by atoms with Crippen LogP contribution in [0.5, 0.6) is 5.75 Å². The number of hydrogen-bond donors (Lipinski definition) is 2. The molecular formula is C17H18O4. The number of carbonyl (C=O) groups is 1. The van der Waals surface area contributed by atoms with Gasteiger partial charge in [0.05, 0.1) is 12.5 Å². The van der Waals surface area contributed by atoms with Gasteiger partial charge in [-0.1, -0.05) is 36.4 Å². The summed E-state index contributed by atoms with van der Waals surface area (Å²) in [5.41, 5.74) is 2.44. The third-order valence-electron chi connectivity index (χ3n) is 3.22. The molecular weight excluding hydrogens is 268 g/mol. The fourth-order valence-corrected chi connectivity index (χ4v) is 2.04. The summed E-state index contributed by atoms with van der Waals surface area (Å²) in [6, 6.07) is 14.5. The van der Waals surface area contributed by atoms with Gasteiger partial charge in [-0.15, -0.1) is 0 Å². The first kappa shape index (κ1) is 15.1. The van der Waals surface area contributed by atoms with Crippen LogP contribution >= 0.6 is 0 Å². The highest BCUT2D eigenvalue weighted by Gasteiger charge is 2.07. The van der Waals surface area contributed by atoms with Gasteiger partial charge in [-0.3, -0.25) is 4.79 Å². The van der Waals surface area contributed by atoms with Crippen LogP contribution in [0.3, 0.4) is 0 Å². The lowest BCUT2D eigenvalue weighted by molar-refractivity contribution is -0.136. The Hall–Kier alpha value is -2.33. The topological polar surface area (TPSA) is 66.8 Å². The van der Waals surface area contributed by atoms with Gasteiger partial charge >= 0.3 is 5.97 Å². The quantitative estimate of drug-likeness (QED) is 0.856. The van der Waals surface area contributed by atoms with Crippen molar-refractivity contribution in [3.8, 4) is 5.75 Å². The zero-order valence-electron chi connectivity index (χ0n) is 11.8. The second-order valence-corrected chi connectivity index (χ2v) is 4.87. The first-order valence-electron chi connectivity index (χ1n) is 6.75. The number of rotatable bonds is 6. The minimum absolute atomic E-state index is 0.0134. The molecule has 110 valence electrons. The van der Waals surface area contributed by atoms with E-state index in [4.69, 9.17) is 9.84 Å². The zero-order chi connectivity index (χ0) is 15.2. The molecule has 0 fully saturated rings. The Balaban J connectivity index is 2.04. The molecule has 0 spiro atoms. The van der Waals surface area contributed by atoms with Crippen molar-refractivity contribution in [2.75, 3.05) is 0 Å². The highest BCUT2D eigenvalue weighted by molar-refractivity contribution is 5.70. The maximum Gasteiger partial charge on any atom is 0.307 e. The van der Waals surface area contributed by atoms with E-state index >= 15 is 0 Å². The number of aliphatic hydroxyl groups excluding tert-OH is 1. The molecule has 0 saturated carbocycles. The molecule has 1 atom stereocenters. The van der Waals surface area contributed by atoms with Gasteiger partial charge in [0.1, 0.15) is 12.4 Å². The molecule has 0 bridgehead atoms. The van der Waals surface area contributed by atoms with E-state index < -0.39 is 12.1 Å². The molecule has 0 unspecified atom stereocenters. The molecule has 2 aromatic carbocycles. The Morgan fingerprint density at radius 2 is 1.71 bits per heavy atom. The van der Waals surface area contributed by atoms with E-state index in [2.05, 4.69) is 0 Å². The van der Waals surface area contributed by atoms with Gasteiger partial charge < -0.3 is 14.9 Å². The van der Waals surface area contributed by atoms with Crippen molar-refractivity contribution in [2.24, 2.45) is 0 Å². The average molecular weight is 286 g/mol. The molecule has 0 aliphatic heterocycles. The standard InChI is InChI=1S/C17H18O4/c1-12(18)13-6-8-16(9-7-13)21-11-15-5-3-2-4-14(15)10-17(19)20/h2-9,12,18H,10-11H2,1H3,(H,19,20)/t12-/m1/s1. The molecule has 2 rings (SSSR count). The molecule has 0 aliphatic rings. The van der Waals surface area contributed by atoms with E-state index in [0.717, 1.165) is 16.7 Å². The fraction of sp³-hybridized carbons (Fsp3) is 0.235. The summed E-state index contributed by atoms with van der Waals surface area (Å²) in [6.45, 7) is 2.02. The number of aliphatic hydroxyl groups is 1. The van der Waals surface area contributed by atoms with Crippen LogP contribution in [0.15, 0.2) is 48.5 Å². The van der Waals surface area contributed by atoms with Crippen LogP contribution in [0.1, 0.15) is 29.7 Å². The molecule has 21 heavy (non-hydrogen) atoms. The van der Waals surface area contributed by atoms with Crippen LogP contribution in [0, 0.1) is 0 Å². The fourth-order valence-electron chi connectivity index (χ4n) is 2.04. The molecule has 0 amide bonds. The van der Waals surface area contributed by atoms with Gasteiger partial charge in [-0.05, 0) is 35.7 Å². The lowest BCUT2D eigenvalue weighted by atomic mass is 10.1. The van der Waals surface area contributed by atoms with Crippen molar-refractivity contribution in [1.82, 2.24) is 0 Å². The normalized spacial score (nSPS) is 11.9. The van der Waals surface area contributed by atoms with Crippen LogP contribution in [-0.2, 0) is 17.8 Å². The maximum atomic E-state index is 10.8. The highest BCUT2D eigenvalue weighted by atomic mass is 16.5. The van der Waals surface area contributed by atoms with E-state index in [0.29, 0.717) is 12.4 Å². The number of hydrogen-bond acceptors (Lipinski definition) is 3. The largest absolute Gasteiger partial charge is 0.489 e. The number of carboxylic acids is 1. The summed E-state index contributed by atoms with van der Waals surface area (Å²) in [5.74, 6) is -0.173. The number of ether oxygens (including phenoxy) is 1. The number of aliphatic carboxylic acids is 1. The summed E-state index contributed by atoms with van der Waals surface area (Å²) in [5, 5.41) is 18.3. The van der Waals surface area contributed by atoms with E-state index in [1.165, 1.54) is 0 Å². The summed E-state index contributed by atoms with van der Waals surface area (Å²) in [4.78, 5) is 10.8. The maximum absolute atomic E-state index is 10.8. The molecule has 4 heteroatoms. The summed E-state index contributed by atoms with van der Waals surface area (Å²) in [7, 11) is 0. The molecule has 0 radical (unpaired) electrons. The third kappa shape index (κ3) is 4.33. The minimum Gasteiger partial charge on any atom is -0.489 e. The Morgan fingerprint density at radius 1 is 1.10 bits per heavy atom. The first-order valence-corrected chi connectivity index (χ1v) is 6.75. The van der Waals surface area contributed by atoms with Crippen LogP contribution in [0.4, 0.5) is 0 Å². The Bertz CT molecular complexity index is 602. The average Bonchev–Trinajstić information content (AvgIpc) is 2.46. The predicted octanol–water partition coefficient (Wildman–Crippen LogP) is 2.95. The van der Waals surface area contributed by atoms with E-state index in [-0.39, 0.29) is 6.42 Å².